The molecule has 0 aliphatic carbocycles. The molecular formula is C24H28N4O. The van der Waals surface area contributed by atoms with E-state index in [1.54, 1.807) is 0 Å². The Morgan fingerprint density at radius 2 is 1.76 bits per heavy atom. The van der Waals surface area contributed by atoms with Crippen LogP contribution in [0.3, 0.4) is 0 Å². The van der Waals surface area contributed by atoms with Crippen LogP contribution in [-0.4, -0.2) is 40.1 Å². The van der Waals surface area contributed by atoms with Crippen molar-refractivity contribution < 1.29 is 4.79 Å². The van der Waals surface area contributed by atoms with Crippen LogP contribution in [0.4, 0.5) is 4.79 Å². The molecule has 150 valence electrons. The number of nitrogens with zero attached hydrogens (tertiary/aromatic N) is 3. The van der Waals surface area contributed by atoms with Crippen molar-refractivity contribution >= 4 is 6.03 Å². The van der Waals surface area contributed by atoms with Crippen molar-refractivity contribution in [2.75, 3.05) is 19.6 Å². The Bertz CT molecular complexity index is 972. The molecule has 1 aliphatic heterocycles. The molecule has 0 atom stereocenters. The molecule has 1 N–H and O–H groups in total. The fraction of sp³-hybridized carbons (Fsp3) is 0.333. The lowest BCUT2D eigenvalue weighted by Crippen LogP contribution is -2.44. The van der Waals surface area contributed by atoms with Crippen LogP contribution in [0, 0.1) is 6.92 Å². The molecule has 2 heterocycles. The fourth-order valence-corrected chi connectivity index (χ4v) is 4.16. The van der Waals surface area contributed by atoms with Gasteiger partial charge in [-0.05, 0) is 32.3 Å². The summed E-state index contributed by atoms with van der Waals surface area (Å²) in [4.78, 5) is 18.9. The molecule has 5 heteroatoms. The lowest BCUT2D eigenvalue weighted by atomic mass is 9.98. The van der Waals surface area contributed by atoms with Gasteiger partial charge in [-0.3, -0.25) is 0 Å². The smallest absolute Gasteiger partial charge is 0.317 e. The number of nitrogens with one attached hydrogen (secondary N) is 1. The van der Waals surface area contributed by atoms with Gasteiger partial charge >= 0.3 is 6.03 Å². The van der Waals surface area contributed by atoms with Crippen LogP contribution in [-0.2, 0) is 0 Å². The Kier molecular flexibility index (Phi) is 5.65. The van der Waals surface area contributed by atoms with E-state index >= 15 is 0 Å². The second-order valence-electron chi connectivity index (χ2n) is 7.58. The number of amides is 2. The summed E-state index contributed by atoms with van der Waals surface area (Å²) in [5.41, 5.74) is 5.78. The Hall–Kier alpha value is -3.08. The van der Waals surface area contributed by atoms with Gasteiger partial charge in [0.2, 0.25) is 0 Å². The number of aromatic nitrogens is 2. The molecule has 1 aliphatic rings. The van der Waals surface area contributed by atoms with Crippen molar-refractivity contribution in [3.63, 3.8) is 0 Å². The van der Waals surface area contributed by atoms with E-state index in [2.05, 4.69) is 65.3 Å². The van der Waals surface area contributed by atoms with Crippen LogP contribution in [0.2, 0.25) is 0 Å². The average Bonchev–Trinajstić information content (AvgIpc) is 3.20. The largest absolute Gasteiger partial charge is 0.338 e. The highest BCUT2D eigenvalue weighted by Gasteiger charge is 2.27. The predicted molar refractivity (Wildman–Crippen MR) is 117 cm³/mol. The minimum atomic E-state index is 0.0423. The highest BCUT2D eigenvalue weighted by molar-refractivity contribution is 5.80. The molecule has 5 nitrogen and oxygen atoms in total. The zero-order valence-electron chi connectivity index (χ0n) is 17.1. The molecule has 4 rings (SSSR count). The number of rotatable bonds is 4. The van der Waals surface area contributed by atoms with Gasteiger partial charge in [0.15, 0.2) is 0 Å². The summed E-state index contributed by atoms with van der Waals surface area (Å²) in [6.45, 7) is 6.30. The SMILES string of the molecule is CCNC(=O)N1CCC(n2cnc(-c3ccccc3)c2-c2ccccc2C)CC1. The lowest BCUT2D eigenvalue weighted by molar-refractivity contribution is 0.172. The molecule has 1 fully saturated rings. The molecule has 0 saturated carbocycles. The van der Waals surface area contributed by atoms with E-state index < -0.39 is 0 Å². The normalized spacial score (nSPS) is 14.8. The van der Waals surface area contributed by atoms with Gasteiger partial charge in [0.25, 0.3) is 0 Å². The summed E-state index contributed by atoms with van der Waals surface area (Å²) >= 11 is 0. The minimum Gasteiger partial charge on any atom is -0.338 e. The first kappa shape index (κ1) is 19.2. The van der Waals surface area contributed by atoms with Crippen LogP contribution in [0.1, 0.15) is 31.4 Å². The fourth-order valence-electron chi connectivity index (χ4n) is 4.16. The number of benzene rings is 2. The first-order valence-corrected chi connectivity index (χ1v) is 10.4. The van der Waals surface area contributed by atoms with Gasteiger partial charge in [-0.25, -0.2) is 9.78 Å². The number of imidazole rings is 1. The summed E-state index contributed by atoms with van der Waals surface area (Å²) < 4.78 is 2.33. The van der Waals surface area contributed by atoms with E-state index in [0.29, 0.717) is 12.6 Å². The number of carbonyl (C=O) groups excluding carboxylic acids is 1. The summed E-state index contributed by atoms with van der Waals surface area (Å²) in [5.74, 6) is 0. The summed E-state index contributed by atoms with van der Waals surface area (Å²) in [7, 11) is 0. The topological polar surface area (TPSA) is 50.2 Å². The number of hydrogen-bond acceptors (Lipinski definition) is 2. The number of aryl methyl sites for hydroxylation is 1. The van der Waals surface area contributed by atoms with E-state index in [1.165, 1.54) is 16.8 Å². The molecular weight excluding hydrogens is 360 g/mol. The average molecular weight is 389 g/mol. The standard InChI is InChI=1S/C24H28N4O/c1-3-25-24(29)27-15-13-20(14-16-27)28-17-26-22(19-10-5-4-6-11-19)23(28)21-12-8-7-9-18(21)2/h4-12,17,20H,3,13-16H2,1-2H3,(H,25,29). The first-order chi connectivity index (χ1) is 14.2. The zero-order valence-corrected chi connectivity index (χ0v) is 17.1. The first-order valence-electron chi connectivity index (χ1n) is 10.4. The maximum atomic E-state index is 12.2. The molecule has 29 heavy (non-hydrogen) atoms. The maximum absolute atomic E-state index is 12.2. The third kappa shape index (κ3) is 3.90. The van der Waals surface area contributed by atoms with Gasteiger partial charge in [-0.1, -0.05) is 54.6 Å². The zero-order chi connectivity index (χ0) is 20.2. The molecule has 2 aromatic carbocycles. The van der Waals surface area contributed by atoms with E-state index in [1.807, 2.05) is 24.2 Å². The Balaban J connectivity index is 1.69. The van der Waals surface area contributed by atoms with E-state index in [0.717, 1.165) is 37.2 Å². The van der Waals surface area contributed by atoms with Crippen molar-refractivity contribution in [1.29, 1.82) is 0 Å². The van der Waals surface area contributed by atoms with Crippen molar-refractivity contribution in [2.24, 2.45) is 0 Å². The van der Waals surface area contributed by atoms with Crippen molar-refractivity contribution in [1.82, 2.24) is 19.8 Å². The van der Waals surface area contributed by atoms with E-state index in [4.69, 9.17) is 4.98 Å². The molecule has 1 saturated heterocycles. The van der Waals surface area contributed by atoms with Gasteiger partial charge in [-0.2, -0.15) is 0 Å². The molecule has 1 aromatic heterocycles. The molecule has 0 radical (unpaired) electrons. The second kappa shape index (κ2) is 8.52. The Labute approximate surface area is 172 Å². The number of likely N-dealkylation sites (tertiary alicyclic amines) is 1. The highest BCUT2D eigenvalue weighted by Crippen LogP contribution is 2.37. The lowest BCUT2D eigenvalue weighted by Gasteiger charge is -2.33. The van der Waals surface area contributed by atoms with Gasteiger partial charge in [0.1, 0.15) is 0 Å². The predicted octanol–water partition coefficient (Wildman–Crippen LogP) is 4.89. The molecule has 0 bridgehead atoms. The summed E-state index contributed by atoms with van der Waals surface area (Å²) in [6, 6.07) is 19.3. The van der Waals surface area contributed by atoms with Gasteiger partial charge in [0.05, 0.1) is 17.7 Å². The third-order valence-corrected chi connectivity index (χ3v) is 5.71. The highest BCUT2D eigenvalue weighted by atomic mass is 16.2. The third-order valence-electron chi connectivity index (χ3n) is 5.71. The molecule has 3 aromatic rings. The van der Waals surface area contributed by atoms with Gasteiger partial charge in [-0.15, -0.1) is 0 Å². The van der Waals surface area contributed by atoms with Crippen molar-refractivity contribution in [2.45, 2.75) is 32.7 Å². The molecule has 0 unspecified atom stereocenters. The van der Waals surface area contributed by atoms with Crippen molar-refractivity contribution in [3.8, 4) is 22.5 Å². The van der Waals surface area contributed by atoms with Gasteiger partial charge < -0.3 is 14.8 Å². The Morgan fingerprint density at radius 3 is 2.45 bits per heavy atom. The monoisotopic (exact) mass is 388 g/mol. The number of urea groups is 1. The number of hydrogen-bond donors (Lipinski definition) is 1. The molecule has 0 spiro atoms. The molecule has 2 amide bonds. The van der Waals surface area contributed by atoms with Crippen LogP contribution < -0.4 is 5.32 Å². The minimum absolute atomic E-state index is 0.0423. The van der Waals surface area contributed by atoms with Crippen molar-refractivity contribution in [3.05, 3.63) is 66.5 Å². The Morgan fingerprint density at radius 1 is 1.07 bits per heavy atom. The number of piperidine rings is 1. The van der Waals surface area contributed by atoms with E-state index in [-0.39, 0.29) is 6.03 Å². The van der Waals surface area contributed by atoms with Crippen LogP contribution >= 0.6 is 0 Å². The maximum Gasteiger partial charge on any atom is 0.317 e. The van der Waals surface area contributed by atoms with Crippen LogP contribution in [0.25, 0.3) is 22.5 Å². The summed E-state index contributed by atoms with van der Waals surface area (Å²) in [6.07, 6.45) is 3.84. The van der Waals surface area contributed by atoms with Crippen LogP contribution in [0.15, 0.2) is 60.9 Å². The number of carbonyl (C=O) groups is 1. The second-order valence-corrected chi connectivity index (χ2v) is 7.58. The summed E-state index contributed by atoms with van der Waals surface area (Å²) in [5, 5.41) is 2.91. The quantitative estimate of drug-likeness (QED) is 0.692. The van der Waals surface area contributed by atoms with Crippen LogP contribution in [0.5, 0.6) is 0 Å². The van der Waals surface area contributed by atoms with E-state index in [9.17, 15) is 4.79 Å². The van der Waals surface area contributed by atoms with Gasteiger partial charge in [0, 0.05) is 36.8 Å².